The van der Waals surface area contributed by atoms with E-state index in [4.69, 9.17) is 0 Å². The molecule has 5 fully saturated rings. The number of hydrogen-bond acceptors (Lipinski definition) is 1. The number of hydrogen-bond donors (Lipinski definition) is 1. The molecule has 5 aliphatic carbocycles. The molecule has 1 aromatic rings. The maximum Gasteiger partial charge on any atom is 0.220 e. The molecule has 0 unspecified atom stereocenters. The number of amides is 1. The van der Waals surface area contributed by atoms with Gasteiger partial charge in [-0.3, -0.25) is 4.79 Å². The van der Waals surface area contributed by atoms with Crippen molar-refractivity contribution < 1.29 is 4.79 Å². The highest BCUT2D eigenvalue weighted by Crippen LogP contribution is 2.66. The van der Waals surface area contributed by atoms with Crippen LogP contribution in [0.15, 0.2) is 24.3 Å². The Hall–Kier alpha value is -1.31. The molecule has 0 radical (unpaired) electrons. The Morgan fingerprint density at radius 2 is 1.67 bits per heavy atom. The number of rotatable bonds is 4. The third kappa shape index (κ3) is 3.34. The van der Waals surface area contributed by atoms with Gasteiger partial charge in [-0.05, 0) is 86.5 Å². The fourth-order valence-electron chi connectivity index (χ4n) is 7.77. The van der Waals surface area contributed by atoms with Gasteiger partial charge in [-0.2, -0.15) is 0 Å². The van der Waals surface area contributed by atoms with Crippen LogP contribution in [0.2, 0.25) is 0 Å². The van der Waals surface area contributed by atoms with Crippen molar-refractivity contribution in [3.8, 4) is 0 Å². The Morgan fingerprint density at radius 1 is 1.00 bits per heavy atom. The molecule has 0 spiro atoms. The van der Waals surface area contributed by atoms with E-state index >= 15 is 0 Å². The van der Waals surface area contributed by atoms with Gasteiger partial charge < -0.3 is 5.32 Å². The van der Waals surface area contributed by atoms with Crippen LogP contribution in [-0.2, 0) is 10.2 Å². The van der Waals surface area contributed by atoms with E-state index in [0.717, 1.165) is 18.3 Å². The summed E-state index contributed by atoms with van der Waals surface area (Å²) in [4.78, 5) is 13.0. The number of nitrogens with one attached hydrogen (secondary N) is 1. The molecular weight excluding hydrogens is 330 g/mol. The SMILES string of the molecule is Cc1ccc(C23C[C@H]4C[C@@H](CC(CC(=O)NC5CCCCC5)(C4)C2)C3)cc1. The summed E-state index contributed by atoms with van der Waals surface area (Å²) in [7, 11) is 0. The second-order valence-electron chi connectivity index (χ2n) is 10.7. The molecule has 2 heteroatoms. The first-order valence-electron chi connectivity index (χ1n) is 11.4. The number of carbonyl (C=O) groups excluding carboxylic acids is 1. The van der Waals surface area contributed by atoms with E-state index in [1.165, 1.54) is 76.2 Å². The van der Waals surface area contributed by atoms with Crippen molar-refractivity contribution in [1.29, 1.82) is 0 Å². The van der Waals surface area contributed by atoms with E-state index in [9.17, 15) is 4.79 Å². The summed E-state index contributed by atoms with van der Waals surface area (Å²) in [6, 6.07) is 9.80. The largest absolute Gasteiger partial charge is 0.353 e. The Balaban J connectivity index is 1.35. The molecule has 1 amide bonds. The van der Waals surface area contributed by atoms with Crippen molar-refractivity contribution in [2.24, 2.45) is 17.3 Å². The molecule has 0 heterocycles. The molecule has 2 atom stereocenters. The molecular formula is C25H35NO. The van der Waals surface area contributed by atoms with E-state index < -0.39 is 0 Å². The van der Waals surface area contributed by atoms with Crippen molar-refractivity contribution >= 4 is 5.91 Å². The average molecular weight is 366 g/mol. The van der Waals surface area contributed by atoms with Crippen LogP contribution >= 0.6 is 0 Å². The molecule has 4 bridgehead atoms. The van der Waals surface area contributed by atoms with Gasteiger partial charge in [0.2, 0.25) is 5.91 Å². The number of aryl methyl sites for hydroxylation is 1. The van der Waals surface area contributed by atoms with Gasteiger partial charge in [0.15, 0.2) is 0 Å². The predicted molar refractivity (Wildman–Crippen MR) is 110 cm³/mol. The zero-order valence-corrected chi connectivity index (χ0v) is 16.9. The first-order chi connectivity index (χ1) is 13.0. The highest BCUT2D eigenvalue weighted by molar-refractivity contribution is 5.77. The zero-order valence-electron chi connectivity index (χ0n) is 16.9. The van der Waals surface area contributed by atoms with Gasteiger partial charge in [0.25, 0.3) is 0 Å². The first kappa shape index (κ1) is 17.8. The molecule has 0 aromatic heterocycles. The minimum atomic E-state index is 0.272. The fraction of sp³-hybridized carbons (Fsp3) is 0.720. The van der Waals surface area contributed by atoms with Crippen LogP contribution in [0.4, 0.5) is 0 Å². The molecule has 5 saturated carbocycles. The molecule has 27 heavy (non-hydrogen) atoms. The van der Waals surface area contributed by atoms with Crippen LogP contribution in [0.1, 0.15) is 88.2 Å². The maximum atomic E-state index is 13.0. The van der Waals surface area contributed by atoms with E-state index in [1.807, 2.05) is 0 Å². The first-order valence-corrected chi connectivity index (χ1v) is 11.4. The lowest BCUT2D eigenvalue weighted by Crippen LogP contribution is -2.55. The third-order valence-corrected chi connectivity index (χ3v) is 8.35. The molecule has 146 valence electrons. The summed E-state index contributed by atoms with van der Waals surface area (Å²) in [6.45, 7) is 2.18. The molecule has 1 N–H and O–H groups in total. The van der Waals surface area contributed by atoms with Gasteiger partial charge in [0.1, 0.15) is 0 Å². The number of benzene rings is 1. The van der Waals surface area contributed by atoms with Gasteiger partial charge in [0.05, 0.1) is 0 Å². The lowest BCUT2D eigenvalue weighted by atomic mass is 9.42. The summed E-state index contributed by atoms with van der Waals surface area (Å²) in [5.74, 6) is 2.04. The minimum absolute atomic E-state index is 0.272. The van der Waals surface area contributed by atoms with Crippen molar-refractivity contribution in [1.82, 2.24) is 5.32 Å². The minimum Gasteiger partial charge on any atom is -0.353 e. The Labute approximate surface area is 164 Å². The van der Waals surface area contributed by atoms with E-state index in [0.29, 0.717) is 17.4 Å². The summed E-state index contributed by atoms with van der Waals surface area (Å²) in [5.41, 5.74) is 3.53. The molecule has 0 saturated heterocycles. The van der Waals surface area contributed by atoms with Gasteiger partial charge in [-0.15, -0.1) is 0 Å². The monoisotopic (exact) mass is 365 g/mol. The lowest BCUT2D eigenvalue weighted by Gasteiger charge is -2.62. The quantitative estimate of drug-likeness (QED) is 0.731. The van der Waals surface area contributed by atoms with Gasteiger partial charge >= 0.3 is 0 Å². The third-order valence-electron chi connectivity index (χ3n) is 8.35. The van der Waals surface area contributed by atoms with Crippen LogP contribution in [0.5, 0.6) is 0 Å². The highest BCUT2D eigenvalue weighted by Gasteiger charge is 2.58. The summed E-state index contributed by atoms with van der Waals surface area (Å²) in [6.07, 6.45) is 15.1. The second-order valence-corrected chi connectivity index (χ2v) is 10.7. The van der Waals surface area contributed by atoms with Crippen molar-refractivity contribution in [2.45, 2.75) is 95.4 Å². The molecule has 2 nitrogen and oxygen atoms in total. The van der Waals surface area contributed by atoms with Crippen molar-refractivity contribution in [3.63, 3.8) is 0 Å². The maximum absolute atomic E-state index is 13.0. The Kier molecular flexibility index (Phi) is 4.37. The normalized spacial score (nSPS) is 38.1. The lowest BCUT2D eigenvalue weighted by molar-refractivity contribution is -0.132. The average Bonchev–Trinajstić information content (AvgIpc) is 2.61. The van der Waals surface area contributed by atoms with Gasteiger partial charge in [-0.1, -0.05) is 49.1 Å². The van der Waals surface area contributed by atoms with Crippen LogP contribution in [0, 0.1) is 24.2 Å². The molecule has 1 aromatic carbocycles. The zero-order chi connectivity index (χ0) is 18.5. The highest BCUT2D eigenvalue weighted by atomic mass is 16.1. The molecule has 0 aliphatic heterocycles. The predicted octanol–water partition coefficient (Wildman–Crippen LogP) is 5.67. The molecule has 5 aliphatic rings. The fourth-order valence-corrected chi connectivity index (χ4v) is 7.77. The van der Waals surface area contributed by atoms with Crippen molar-refractivity contribution in [2.75, 3.05) is 0 Å². The summed E-state index contributed by atoms with van der Waals surface area (Å²) < 4.78 is 0. The summed E-state index contributed by atoms with van der Waals surface area (Å²) in [5, 5.41) is 3.41. The van der Waals surface area contributed by atoms with Gasteiger partial charge in [0, 0.05) is 12.5 Å². The summed E-state index contributed by atoms with van der Waals surface area (Å²) >= 11 is 0. The smallest absolute Gasteiger partial charge is 0.220 e. The van der Waals surface area contributed by atoms with E-state index in [2.05, 4.69) is 36.5 Å². The van der Waals surface area contributed by atoms with Crippen molar-refractivity contribution in [3.05, 3.63) is 35.4 Å². The topological polar surface area (TPSA) is 29.1 Å². The second kappa shape index (κ2) is 6.64. The number of carbonyl (C=O) groups is 1. The van der Waals surface area contributed by atoms with E-state index in [1.54, 1.807) is 5.56 Å². The van der Waals surface area contributed by atoms with Crippen LogP contribution in [0.25, 0.3) is 0 Å². The van der Waals surface area contributed by atoms with Crippen LogP contribution in [0.3, 0.4) is 0 Å². The Bertz CT molecular complexity index is 686. The van der Waals surface area contributed by atoms with E-state index in [-0.39, 0.29) is 5.41 Å². The molecule has 6 rings (SSSR count). The Morgan fingerprint density at radius 3 is 2.33 bits per heavy atom. The van der Waals surface area contributed by atoms with Crippen LogP contribution < -0.4 is 5.32 Å². The van der Waals surface area contributed by atoms with Gasteiger partial charge in [-0.25, -0.2) is 0 Å². The van der Waals surface area contributed by atoms with Crippen LogP contribution in [-0.4, -0.2) is 11.9 Å². The standard InChI is InChI=1S/C25H35NO/c1-18-7-9-21(10-8-18)25-14-19-11-20(15-25)13-24(12-19,17-25)16-23(27)26-22-5-3-2-4-6-22/h7-10,19-20,22H,2-6,11-17H2,1H3,(H,26,27)/t19-,20-,24?,25?/m0/s1.